The second kappa shape index (κ2) is 27.9. The zero-order valence-corrected chi connectivity index (χ0v) is 29.8. The van der Waals surface area contributed by atoms with E-state index in [9.17, 15) is 19.2 Å². The Morgan fingerprint density at radius 2 is 1.30 bits per heavy atom. The topological polar surface area (TPSA) is 153 Å². The van der Waals surface area contributed by atoms with Crippen LogP contribution in [-0.4, -0.2) is 124 Å². The van der Waals surface area contributed by atoms with E-state index < -0.39 is 17.0 Å². The molecule has 257 valence electrons. The van der Waals surface area contributed by atoms with Gasteiger partial charge in [-0.1, -0.05) is 13.8 Å². The molecule has 2 atom stereocenters. The van der Waals surface area contributed by atoms with Crippen LogP contribution in [0.5, 0.6) is 0 Å². The average Bonchev–Trinajstić information content (AvgIpc) is 2.95. The molecule has 13 heteroatoms. The fourth-order valence-corrected chi connectivity index (χ4v) is 3.39. The van der Waals surface area contributed by atoms with Crippen molar-refractivity contribution in [3.05, 3.63) is 13.0 Å². The molecule has 0 aliphatic carbocycles. The van der Waals surface area contributed by atoms with Crippen molar-refractivity contribution in [3.8, 4) is 0 Å². The molecule has 44 heavy (non-hydrogen) atoms. The standard InChI is InChI=1S/C26H50N3O8.C5H9O.V/c1-7-25(3,22(30)19-29(5)20-24(32)33)27-11-9-13-35-14-10-15-37-21-23(31)26(4,8-2)28-12-16-36-18-17-34-6;1-4(2)5(3)6;/h27-28H,6-21H2,1-5H3,(H,32,33);1-3H3;/q2*-1;+2. The average molecular weight is 669 g/mol. The summed E-state index contributed by atoms with van der Waals surface area (Å²) in [5.74, 6) is 0.0608. The van der Waals surface area contributed by atoms with E-state index in [4.69, 9.17) is 19.3 Å². The van der Waals surface area contributed by atoms with Crippen molar-refractivity contribution in [3.63, 3.8) is 0 Å². The predicted molar refractivity (Wildman–Crippen MR) is 167 cm³/mol. The van der Waals surface area contributed by atoms with Gasteiger partial charge in [0.25, 0.3) is 0 Å². The number of ether oxygens (including phenoxy) is 4. The van der Waals surface area contributed by atoms with Crippen molar-refractivity contribution in [2.45, 2.75) is 85.2 Å². The maximum atomic E-state index is 12.6. The molecule has 0 aromatic heterocycles. The molecule has 0 amide bonds. The van der Waals surface area contributed by atoms with Gasteiger partial charge in [0.15, 0.2) is 11.6 Å². The van der Waals surface area contributed by atoms with Crippen LogP contribution in [0.1, 0.15) is 74.1 Å². The van der Waals surface area contributed by atoms with Crippen LogP contribution in [0.25, 0.3) is 0 Å². The fourth-order valence-electron chi connectivity index (χ4n) is 3.39. The number of carbonyl (C=O) groups is 4. The summed E-state index contributed by atoms with van der Waals surface area (Å²) in [6, 6.07) is 0. The summed E-state index contributed by atoms with van der Waals surface area (Å²) in [6.07, 6.45) is 2.67. The largest absolute Gasteiger partial charge is 2.00 e. The molecule has 0 spiro atoms. The summed E-state index contributed by atoms with van der Waals surface area (Å²) >= 11 is 0. The third-order valence-electron chi connectivity index (χ3n) is 7.09. The van der Waals surface area contributed by atoms with Gasteiger partial charge in [0.1, 0.15) is 6.61 Å². The Morgan fingerprint density at radius 3 is 1.82 bits per heavy atom. The number of rotatable bonds is 27. The first-order valence-corrected chi connectivity index (χ1v) is 15.1. The van der Waals surface area contributed by atoms with Crippen LogP contribution in [0.3, 0.4) is 0 Å². The van der Waals surface area contributed by atoms with Crippen LogP contribution in [0.15, 0.2) is 0 Å². The number of carbonyl (C=O) groups excluding carboxylic acids is 3. The number of hydrogen-bond donors (Lipinski definition) is 3. The van der Waals surface area contributed by atoms with Gasteiger partial charge in [-0.05, 0) is 65.8 Å². The molecule has 0 bridgehead atoms. The normalized spacial score (nSPS) is 13.6. The summed E-state index contributed by atoms with van der Waals surface area (Å²) in [5.41, 5.74) is -1.36. The number of likely N-dealkylation sites (N-methyl/N-ethyl adjacent to an activating group) is 1. The van der Waals surface area contributed by atoms with E-state index in [1.165, 1.54) is 4.90 Å². The molecular weight excluding hydrogens is 609 g/mol. The summed E-state index contributed by atoms with van der Waals surface area (Å²) in [4.78, 5) is 47.6. The van der Waals surface area contributed by atoms with E-state index in [1.807, 2.05) is 41.5 Å². The minimum atomic E-state index is -0.957. The van der Waals surface area contributed by atoms with Crippen LogP contribution in [0.2, 0.25) is 0 Å². The van der Waals surface area contributed by atoms with Gasteiger partial charge in [0, 0.05) is 33.0 Å². The van der Waals surface area contributed by atoms with Crippen molar-refractivity contribution in [1.82, 2.24) is 15.5 Å². The molecule has 0 heterocycles. The first kappa shape index (κ1) is 47.1. The molecule has 0 aromatic carbocycles. The summed E-state index contributed by atoms with van der Waals surface area (Å²) in [6.45, 7) is 16.8. The van der Waals surface area contributed by atoms with Gasteiger partial charge >= 0.3 is 24.5 Å². The summed E-state index contributed by atoms with van der Waals surface area (Å²) in [7, 11) is 4.90. The van der Waals surface area contributed by atoms with Gasteiger partial charge in [-0.2, -0.15) is 13.8 Å². The Bertz CT molecular complexity index is 788. The quantitative estimate of drug-likeness (QED) is 0.0871. The Balaban J connectivity index is -0.00000216. The number of nitrogens with zero attached hydrogens (tertiary/aromatic N) is 1. The Kier molecular flexibility index (Phi) is 29.9. The molecule has 0 fully saturated rings. The van der Waals surface area contributed by atoms with E-state index in [0.717, 1.165) is 12.3 Å². The molecule has 1 radical (unpaired) electrons. The van der Waals surface area contributed by atoms with Crippen molar-refractivity contribution in [1.29, 1.82) is 0 Å². The van der Waals surface area contributed by atoms with Gasteiger partial charge in [0.2, 0.25) is 0 Å². The third kappa shape index (κ3) is 24.0. The van der Waals surface area contributed by atoms with Gasteiger partial charge < -0.3 is 45.4 Å². The fraction of sp³-hybridized carbons (Fsp3) is 0.806. The van der Waals surface area contributed by atoms with Gasteiger partial charge in [-0.25, -0.2) is 7.11 Å². The maximum Gasteiger partial charge on any atom is 2.00 e. The molecular formula is C31H59N3O9V. The van der Waals surface area contributed by atoms with Crippen LogP contribution < -0.4 is 10.6 Å². The second-order valence-corrected chi connectivity index (χ2v) is 11.1. The monoisotopic (exact) mass is 668 g/mol. The summed E-state index contributed by atoms with van der Waals surface area (Å²) < 4.78 is 21.3. The molecule has 0 aliphatic rings. The van der Waals surface area contributed by atoms with E-state index in [-0.39, 0.29) is 55.6 Å². The Labute approximate surface area is 277 Å². The van der Waals surface area contributed by atoms with Crippen LogP contribution in [0.4, 0.5) is 0 Å². The molecule has 0 saturated heterocycles. The summed E-state index contributed by atoms with van der Waals surface area (Å²) in [5, 5.41) is 15.4. The number of carboxylic acid groups (broad SMARTS) is 1. The van der Waals surface area contributed by atoms with E-state index in [1.54, 1.807) is 14.0 Å². The smallest absolute Gasteiger partial charge is 0.553 e. The number of carboxylic acids is 1. The molecule has 3 N–H and O–H groups in total. The van der Waals surface area contributed by atoms with Gasteiger partial charge in [-0.15, -0.1) is 0 Å². The Morgan fingerprint density at radius 1 is 0.795 bits per heavy atom. The number of Topliss-reactive ketones (excluding diaryl/α,β-unsaturated/α-hetero) is 3. The predicted octanol–water partition coefficient (Wildman–Crippen LogP) is 2.48. The van der Waals surface area contributed by atoms with Crippen molar-refractivity contribution >= 4 is 23.3 Å². The molecule has 0 rings (SSSR count). The van der Waals surface area contributed by atoms with Crippen molar-refractivity contribution in [2.75, 3.05) is 79.5 Å². The maximum absolute atomic E-state index is 12.6. The zero-order valence-electron chi connectivity index (χ0n) is 28.4. The van der Waals surface area contributed by atoms with Crippen LogP contribution in [0, 0.1) is 13.0 Å². The van der Waals surface area contributed by atoms with Crippen molar-refractivity contribution < 1.29 is 61.8 Å². The molecule has 0 aromatic rings. The molecule has 0 saturated carbocycles. The first-order valence-electron chi connectivity index (χ1n) is 15.1. The second-order valence-electron chi connectivity index (χ2n) is 11.1. The molecule has 12 nitrogen and oxygen atoms in total. The van der Waals surface area contributed by atoms with Crippen molar-refractivity contribution in [2.24, 2.45) is 0 Å². The SMILES string of the molecule is CC(=O)[C-](C)C.[CH2-]OCCOCCNC(C)(CC)C(=O)COCCCOCCCNC(C)(CC)C(=O)CN(C)CC(=O)O.[V+2]. The van der Waals surface area contributed by atoms with Crippen LogP contribution >= 0.6 is 0 Å². The number of nitrogens with one attached hydrogen (secondary N) is 2. The minimum absolute atomic E-state index is 0. The van der Waals surface area contributed by atoms with Crippen LogP contribution in [-0.2, 0) is 56.7 Å². The van der Waals surface area contributed by atoms with E-state index >= 15 is 0 Å². The minimum Gasteiger partial charge on any atom is -0.553 e. The molecule has 0 aliphatic heterocycles. The zero-order chi connectivity index (χ0) is 33.3. The third-order valence-corrected chi connectivity index (χ3v) is 7.09. The number of aliphatic carboxylic acids is 1. The number of ketones is 3. The Hall–Kier alpha value is -1.35. The van der Waals surface area contributed by atoms with E-state index in [0.29, 0.717) is 72.0 Å². The molecule has 2 unspecified atom stereocenters. The van der Waals surface area contributed by atoms with E-state index in [2.05, 4.69) is 22.5 Å². The van der Waals surface area contributed by atoms with Gasteiger partial charge in [0.05, 0.1) is 37.4 Å². The van der Waals surface area contributed by atoms with Gasteiger partial charge in [-0.3, -0.25) is 19.3 Å². The number of hydrogen-bond acceptors (Lipinski definition) is 11. The first-order chi connectivity index (χ1) is 20.2.